The van der Waals surface area contributed by atoms with Crippen molar-refractivity contribution in [2.24, 2.45) is 5.92 Å². The lowest BCUT2D eigenvalue weighted by Gasteiger charge is -2.39. The van der Waals surface area contributed by atoms with Crippen molar-refractivity contribution in [2.45, 2.75) is 64.0 Å². The van der Waals surface area contributed by atoms with Gasteiger partial charge in [0, 0.05) is 59.4 Å². The Kier molecular flexibility index (Phi) is 17.8. The molecule has 1 fully saturated rings. The van der Waals surface area contributed by atoms with Gasteiger partial charge in [0.05, 0.1) is 64.1 Å². The van der Waals surface area contributed by atoms with E-state index in [2.05, 4.69) is 52.3 Å². The van der Waals surface area contributed by atoms with Crippen molar-refractivity contribution in [3.63, 3.8) is 0 Å². The van der Waals surface area contributed by atoms with Crippen molar-refractivity contribution in [3.05, 3.63) is 69.3 Å². The number of rotatable bonds is 23. The lowest BCUT2D eigenvalue weighted by Crippen LogP contribution is -2.51. The molecule has 296 valence electrons. The highest BCUT2D eigenvalue weighted by molar-refractivity contribution is 5.61. The first kappa shape index (κ1) is 42.0. The molecule has 2 aliphatic rings. The lowest BCUT2D eigenvalue weighted by molar-refractivity contribution is -0.777. The van der Waals surface area contributed by atoms with Gasteiger partial charge in [-0.1, -0.05) is 37.3 Å². The van der Waals surface area contributed by atoms with Gasteiger partial charge >= 0.3 is 6.16 Å². The highest BCUT2D eigenvalue weighted by Gasteiger charge is 2.37. The molecular weight excluding hydrogens is 694 g/mol. The van der Waals surface area contributed by atoms with Gasteiger partial charge in [0.25, 0.3) is 5.09 Å². The standard InChI is InChI=1S/C37H55N3O13/c1-26(20-45-4)21-47-22-28-7-10-30(11-8-28)36-34(49-23-29-9-12-33-32(17-29)39(14-16-48-33)13-6-15-44-3)18-38-19-35(36)50-25-31(24-46-5)52-37(41)51-27(2)53-40(42)43/h7-12,17,26-27,31,34-36,38H,6,13-16,18-25H2,1-5H3/t26-,27?,31+,34-,35+,36+/m0/s1. The monoisotopic (exact) mass is 749 g/mol. The number of carbonyl (C=O) groups excluding carboxylic acids is 1. The predicted molar refractivity (Wildman–Crippen MR) is 192 cm³/mol. The fourth-order valence-electron chi connectivity index (χ4n) is 6.38. The summed E-state index contributed by atoms with van der Waals surface area (Å²) in [6.45, 7) is 9.43. The van der Waals surface area contributed by atoms with Crippen molar-refractivity contribution in [2.75, 3.05) is 92.0 Å². The molecule has 1 saturated heterocycles. The van der Waals surface area contributed by atoms with E-state index < -0.39 is 23.6 Å². The predicted octanol–water partition coefficient (Wildman–Crippen LogP) is 4.10. The summed E-state index contributed by atoms with van der Waals surface area (Å²) >= 11 is 0. The van der Waals surface area contributed by atoms with Crippen LogP contribution in [0.5, 0.6) is 5.75 Å². The number of ether oxygens (including phenoxy) is 9. The molecule has 0 bridgehead atoms. The molecule has 0 radical (unpaired) electrons. The Balaban J connectivity index is 1.48. The van der Waals surface area contributed by atoms with Gasteiger partial charge in [-0.2, -0.15) is 0 Å². The van der Waals surface area contributed by atoms with Gasteiger partial charge < -0.3 is 52.8 Å². The Morgan fingerprint density at radius 3 is 2.38 bits per heavy atom. The van der Waals surface area contributed by atoms with Crippen LogP contribution in [0.15, 0.2) is 42.5 Å². The average Bonchev–Trinajstić information content (AvgIpc) is 3.13. The Morgan fingerprint density at radius 2 is 1.66 bits per heavy atom. The molecule has 0 saturated carbocycles. The second kappa shape index (κ2) is 22.4. The van der Waals surface area contributed by atoms with Crippen LogP contribution >= 0.6 is 0 Å². The smallest absolute Gasteiger partial charge is 0.490 e. The topological polar surface area (TPSA) is 168 Å². The molecule has 2 aliphatic heterocycles. The molecule has 1 unspecified atom stereocenters. The largest absolute Gasteiger partial charge is 0.510 e. The van der Waals surface area contributed by atoms with E-state index in [1.54, 1.807) is 14.2 Å². The van der Waals surface area contributed by atoms with Crippen LogP contribution in [0.1, 0.15) is 42.9 Å². The number of carbonyl (C=O) groups is 1. The molecular formula is C37H55N3O13. The molecule has 0 aliphatic carbocycles. The van der Waals surface area contributed by atoms with Gasteiger partial charge in [0.1, 0.15) is 12.4 Å². The van der Waals surface area contributed by atoms with Crippen LogP contribution in [-0.4, -0.2) is 123 Å². The maximum atomic E-state index is 12.4. The van der Waals surface area contributed by atoms with Crippen molar-refractivity contribution < 1.29 is 57.4 Å². The number of benzene rings is 2. The van der Waals surface area contributed by atoms with Gasteiger partial charge in [0.2, 0.25) is 6.29 Å². The summed E-state index contributed by atoms with van der Waals surface area (Å²) in [5, 5.41) is 13.0. The number of piperidine rings is 1. The minimum Gasteiger partial charge on any atom is -0.490 e. The maximum Gasteiger partial charge on any atom is 0.510 e. The van der Waals surface area contributed by atoms with E-state index in [-0.39, 0.29) is 37.3 Å². The van der Waals surface area contributed by atoms with Crippen LogP contribution in [0.4, 0.5) is 10.5 Å². The summed E-state index contributed by atoms with van der Waals surface area (Å²) in [5.74, 6) is 0.955. The second-order valence-electron chi connectivity index (χ2n) is 13.2. The Hall–Kier alpha value is -3.77. The quantitative estimate of drug-likeness (QED) is 0.0567. The molecule has 1 N–H and O–H groups in total. The third kappa shape index (κ3) is 13.9. The summed E-state index contributed by atoms with van der Waals surface area (Å²) in [5.41, 5.74) is 4.13. The number of nitrogens with zero attached hydrogens (tertiary/aromatic N) is 2. The van der Waals surface area contributed by atoms with Gasteiger partial charge in [-0.25, -0.2) is 4.79 Å². The summed E-state index contributed by atoms with van der Waals surface area (Å²) in [6.07, 6.45) is -3.20. The first-order chi connectivity index (χ1) is 25.7. The number of hydrogen-bond donors (Lipinski definition) is 1. The Morgan fingerprint density at radius 1 is 0.925 bits per heavy atom. The molecule has 6 atom stereocenters. The maximum absolute atomic E-state index is 12.4. The third-order valence-electron chi connectivity index (χ3n) is 8.81. The SMILES string of the molecule is COCCCN1CCOc2ccc(CO[C@H]3CNC[C@@H](OC[C@@H](COC)OC(=O)OC(C)O[N+](=O)[O-])[C@@H]3c3ccc(COC[C@@H](C)COC)cc3)cc21. The number of hydrogen-bond acceptors (Lipinski definition) is 15. The van der Waals surface area contributed by atoms with Crippen LogP contribution in [0, 0.1) is 16.0 Å². The van der Waals surface area contributed by atoms with Crippen LogP contribution in [0.25, 0.3) is 0 Å². The molecule has 16 heteroatoms. The van der Waals surface area contributed by atoms with Crippen molar-refractivity contribution in [1.82, 2.24) is 5.32 Å². The minimum absolute atomic E-state index is 0.00649. The zero-order chi connectivity index (χ0) is 38.0. The van der Waals surface area contributed by atoms with Crippen LogP contribution in [0.3, 0.4) is 0 Å². The van der Waals surface area contributed by atoms with E-state index in [1.807, 2.05) is 12.1 Å². The molecule has 0 aromatic heterocycles. The molecule has 2 heterocycles. The van der Waals surface area contributed by atoms with E-state index in [1.165, 1.54) is 14.0 Å². The fourth-order valence-corrected chi connectivity index (χ4v) is 6.38. The van der Waals surface area contributed by atoms with Crippen molar-refractivity contribution >= 4 is 11.8 Å². The fraction of sp³-hybridized carbons (Fsp3) is 0.649. The third-order valence-corrected chi connectivity index (χ3v) is 8.81. The average molecular weight is 750 g/mol. The van der Waals surface area contributed by atoms with E-state index in [9.17, 15) is 14.9 Å². The highest BCUT2D eigenvalue weighted by atomic mass is 17.0. The van der Waals surface area contributed by atoms with Gasteiger partial charge in [-0.05, 0) is 42.2 Å². The van der Waals surface area contributed by atoms with E-state index in [0.29, 0.717) is 52.7 Å². The molecule has 2 aromatic carbocycles. The molecule has 16 nitrogen and oxygen atoms in total. The molecule has 53 heavy (non-hydrogen) atoms. The van der Waals surface area contributed by atoms with Gasteiger partial charge in [-0.15, -0.1) is 10.1 Å². The summed E-state index contributed by atoms with van der Waals surface area (Å²) in [4.78, 5) is 29.5. The molecule has 0 amide bonds. The van der Waals surface area contributed by atoms with Crippen LogP contribution in [0.2, 0.25) is 0 Å². The number of fused-ring (bicyclic) bond motifs is 1. The van der Waals surface area contributed by atoms with Crippen LogP contribution in [-0.2, 0) is 55.9 Å². The van der Waals surface area contributed by atoms with Gasteiger partial charge in [0.15, 0.2) is 6.10 Å². The Labute approximate surface area is 311 Å². The lowest BCUT2D eigenvalue weighted by atomic mass is 9.85. The highest BCUT2D eigenvalue weighted by Crippen LogP contribution is 2.35. The van der Waals surface area contributed by atoms with E-state index in [0.717, 1.165) is 47.6 Å². The zero-order valence-corrected chi connectivity index (χ0v) is 31.4. The van der Waals surface area contributed by atoms with Gasteiger partial charge in [-0.3, -0.25) is 4.84 Å². The molecule has 0 spiro atoms. The van der Waals surface area contributed by atoms with E-state index in [4.69, 9.17) is 42.6 Å². The summed E-state index contributed by atoms with van der Waals surface area (Å²) in [6, 6.07) is 14.4. The Bertz CT molecular complexity index is 1380. The normalized spacial score (nSPS) is 20.1. The number of nitrogens with one attached hydrogen (secondary N) is 1. The number of anilines is 1. The first-order valence-corrected chi connectivity index (χ1v) is 18.0. The van der Waals surface area contributed by atoms with Crippen LogP contribution < -0.4 is 15.0 Å². The molecule has 4 rings (SSSR count). The summed E-state index contributed by atoms with van der Waals surface area (Å²) < 4.78 is 50.9. The van der Waals surface area contributed by atoms with Crippen molar-refractivity contribution in [1.29, 1.82) is 0 Å². The molecule has 2 aromatic rings. The van der Waals surface area contributed by atoms with Crippen molar-refractivity contribution in [3.8, 4) is 5.75 Å². The summed E-state index contributed by atoms with van der Waals surface area (Å²) in [7, 11) is 4.86. The zero-order valence-electron chi connectivity index (χ0n) is 31.4. The minimum atomic E-state index is -1.45. The van der Waals surface area contributed by atoms with E-state index >= 15 is 0 Å². The second-order valence-corrected chi connectivity index (χ2v) is 13.2. The number of methoxy groups -OCH3 is 3. The first-order valence-electron chi connectivity index (χ1n) is 18.0.